The smallest absolute Gasteiger partial charge is 0.255 e. The number of nitrogens with one attached hydrogen (secondary N) is 2. The maximum absolute atomic E-state index is 14.4. The average Bonchev–Trinajstić information content (AvgIpc) is 3.13. The van der Waals surface area contributed by atoms with Gasteiger partial charge in [-0.1, -0.05) is 115 Å². The molecule has 5 aromatic rings. The van der Waals surface area contributed by atoms with Crippen LogP contribution in [0, 0.1) is 12.8 Å². The van der Waals surface area contributed by atoms with Gasteiger partial charge in [-0.05, 0) is 102 Å². The van der Waals surface area contributed by atoms with Gasteiger partial charge >= 0.3 is 0 Å². The van der Waals surface area contributed by atoms with Gasteiger partial charge in [0.2, 0.25) is 0 Å². The molecule has 0 aromatic heterocycles. The van der Waals surface area contributed by atoms with E-state index in [0.29, 0.717) is 37.1 Å². The van der Waals surface area contributed by atoms with Gasteiger partial charge in [0.15, 0.2) is 0 Å². The highest BCUT2D eigenvalue weighted by molar-refractivity contribution is 6.42. The SMILES string of the molecule is CC(C)C(C)NC(=O)c1ccc(CC(F)Cc2ccc(Cl)c(Cl)c2)cc1.Cc1ccccc1NC(=O)c1ccc(CC(F)Cc2ccc(Cl)c(Cl)c2)cc1. The van der Waals surface area contributed by atoms with Gasteiger partial charge in [0.25, 0.3) is 11.8 Å². The molecule has 0 saturated heterocycles. The molecule has 3 unspecified atom stereocenters. The van der Waals surface area contributed by atoms with Gasteiger partial charge in [-0.3, -0.25) is 9.59 Å². The number of alkyl halides is 2. The number of hydrogen-bond acceptors (Lipinski definition) is 2. The maximum Gasteiger partial charge on any atom is 0.255 e. The first kappa shape index (κ1) is 42.8. The van der Waals surface area contributed by atoms with Crippen molar-refractivity contribution < 1.29 is 18.4 Å². The van der Waals surface area contributed by atoms with Crippen molar-refractivity contribution in [3.63, 3.8) is 0 Å². The van der Waals surface area contributed by atoms with E-state index < -0.39 is 12.3 Å². The number of anilines is 1. The molecule has 0 saturated carbocycles. The van der Waals surface area contributed by atoms with Crippen LogP contribution in [0.15, 0.2) is 109 Å². The summed E-state index contributed by atoms with van der Waals surface area (Å²) in [7, 11) is 0. The van der Waals surface area contributed by atoms with Crippen molar-refractivity contribution in [3.05, 3.63) is 168 Å². The Morgan fingerprint density at radius 1 is 0.556 bits per heavy atom. The van der Waals surface area contributed by atoms with Crippen molar-refractivity contribution in [1.82, 2.24) is 5.32 Å². The first-order valence-corrected chi connectivity index (χ1v) is 19.2. The fraction of sp³-hybridized carbons (Fsp3) is 0.273. The van der Waals surface area contributed by atoms with E-state index in [9.17, 15) is 18.4 Å². The van der Waals surface area contributed by atoms with Crippen LogP contribution in [0.3, 0.4) is 0 Å². The van der Waals surface area contributed by atoms with Gasteiger partial charge in [0, 0.05) is 48.5 Å². The van der Waals surface area contributed by atoms with Crippen molar-refractivity contribution in [2.45, 2.75) is 71.8 Å². The summed E-state index contributed by atoms with van der Waals surface area (Å²) in [6.45, 7) is 8.04. The molecule has 5 aromatic carbocycles. The Hall–Kier alpha value is -3.94. The number of carbonyl (C=O) groups excluding carboxylic acids is 2. The number of benzene rings is 5. The van der Waals surface area contributed by atoms with Gasteiger partial charge in [0.05, 0.1) is 20.1 Å². The number of para-hydroxylation sites is 1. The molecule has 0 spiro atoms. The summed E-state index contributed by atoms with van der Waals surface area (Å²) in [5.74, 6) is 0.0747. The molecule has 54 heavy (non-hydrogen) atoms. The molecule has 5 rings (SSSR count). The predicted molar refractivity (Wildman–Crippen MR) is 221 cm³/mol. The highest BCUT2D eigenvalue weighted by Gasteiger charge is 2.15. The third kappa shape index (κ3) is 13.4. The van der Waals surface area contributed by atoms with Crippen LogP contribution < -0.4 is 10.6 Å². The standard InChI is InChI=1S/C23H20Cl2FNO.C21H24Cl2FNO/c1-15-4-2-3-5-22(15)27-23(28)18-9-6-16(7-10-18)12-19(26)13-17-8-11-20(24)21(25)14-17;1-13(2)14(3)25-21(26)17-7-4-15(5-8-17)10-18(24)11-16-6-9-19(22)20(23)12-16/h2-11,14,19H,12-13H2,1H3,(H,27,28);4-9,12-14,18H,10-11H2,1-3H3,(H,25,26). The Bertz CT molecular complexity index is 2010. The average molecular weight is 813 g/mol. The van der Waals surface area contributed by atoms with E-state index in [-0.39, 0.29) is 43.5 Å². The Balaban J connectivity index is 0.000000241. The van der Waals surface area contributed by atoms with Crippen LogP contribution in [0.4, 0.5) is 14.5 Å². The number of halogens is 6. The summed E-state index contributed by atoms with van der Waals surface area (Å²) in [6, 6.07) is 32.1. The molecule has 2 N–H and O–H groups in total. The van der Waals surface area contributed by atoms with E-state index in [4.69, 9.17) is 46.4 Å². The summed E-state index contributed by atoms with van der Waals surface area (Å²) in [4.78, 5) is 24.6. The minimum atomic E-state index is -1.05. The second-order valence-electron chi connectivity index (χ2n) is 13.7. The molecule has 0 aliphatic carbocycles. The van der Waals surface area contributed by atoms with Crippen LogP contribution in [0.2, 0.25) is 20.1 Å². The van der Waals surface area contributed by atoms with Gasteiger partial charge in [-0.25, -0.2) is 8.78 Å². The van der Waals surface area contributed by atoms with Gasteiger partial charge in [-0.15, -0.1) is 0 Å². The molecule has 10 heteroatoms. The van der Waals surface area contributed by atoms with Crippen LogP contribution in [0.25, 0.3) is 0 Å². The van der Waals surface area contributed by atoms with Crippen molar-refractivity contribution in [2.75, 3.05) is 5.32 Å². The van der Waals surface area contributed by atoms with Gasteiger partial charge < -0.3 is 10.6 Å². The fourth-order valence-electron chi connectivity index (χ4n) is 5.45. The molecular formula is C44H44Cl4F2N2O2. The summed E-state index contributed by atoms with van der Waals surface area (Å²) >= 11 is 23.7. The second kappa shape index (κ2) is 20.7. The Labute approximate surface area is 337 Å². The fourth-order valence-corrected chi connectivity index (χ4v) is 6.09. The molecule has 4 nitrogen and oxygen atoms in total. The monoisotopic (exact) mass is 810 g/mol. The number of hydrogen-bond donors (Lipinski definition) is 2. The van der Waals surface area contributed by atoms with E-state index in [1.807, 2.05) is 38.1 Å². The van der Waals surface area contributed by atoms with Gasteiger partial charge in [0.1, 0.15) is 12.3 Å². The molecule has 2 amide bonds. The predicted octanol–water partition coefficient (Wildman–Crippen LogP) is 12.6. The second-order valence-corrected chi connectivity index (χ2v) is 15.3. The van der Waals surface area contributed by atoms with E-state index in [2.05, 4.69) is 24.5 Å². The summed E-state index contributed by atoms with van der Waals surface area (Å²) in [6.07, 6.45) is -1.01. The van der Waals surface area contributed by atoms with E-state index in [0.717, 1.165) is 33.5 Å². The molecular weight excluding hydrogens is 768 g/mol. The van der Waals surface area contributed by atoms with Crippen LogP contribution in [-0.2, 0) is 25.7 Å². The number of amides is 2. The minimum absolute atomic E-state index is 0.101. The molecule has 0 bridgehead atoms. The summed E-state index contributed by atoms with van der Waals surface area (Å²) in [5.41, 5.74) is 6.19. The zero-order valence-corrected chi connectivity index (χ0v) is 33.6. The zero-order valence-electron chi connectivity index (χ0n) is 30.6. The van der Waals surface area contributed by atoms with Crippen LogP contribution in [0.5, 0.6) is 0 Å². The molecule has 0 radical (unpaired) electrons. The minimum Gasteiger partial charge on any atom is -0.349 e. The molecule has 284 valence electrons. The first-order valence-electron chi connectivity index (χ1n) is 17.7. The Morgan fingerprint density at radius 2 is 0.963 bits per heavy atom. The Morgan fingerprint density at radius 3 is 1.39 bits per heavy atom. The van der Waals surface area contributed by atoms with E-state index in [1.165, 1.54) is 0 Å². The number of carbonyl (C=O) groups is 2. The van der Waals surface area contributed by atoms with Crippen LogP contribution in [-0.4, -0.2) is 30.2 Å². The summed E-state index contributed by atoms with van der Waals surface area (Å²) < 4.78 is 28.8. The highest BCUT2D eigenvalue weighted by Crippen LogP contribution is 2.26. The quantitative estimate of drug-likeness (QED) is 0.124. The molecule has 0 fully saturated rings. The largest absolute Gasteiger partial charge is 0.349 e. The van der Waals surface area contributed by atoms with Crippen LogP contribution >= 0.6 is 46.4 Å². The van der Waals surface area contributed by atoms with Gasteiger partial charge in [-0.2, -0.15) is 0 Å². The maximum atomic E-state index is 14.4. The lowest BCUT2D eigenvalue weighted by atomic mass is 10.0. The number of rotatable bonds is 13. The first-order chi connectivity index (χ1) is 25.7. The highest BCUT2D eigenvalue weighted by atomic mass is 35.5. The lowest BCUT2D eigenvalue weighted by Crippen LogP contribution is -2.36. The lowest BCUT2D eigenvalue weighted by Gasteiger charge is -2.17. The normalized spacial score (nSPS) is 12.6. The third-order valence-electron chi connectivity index (χ3n) is 8.98. The molecule has 0 heterocycles. The third-order valence-corrected chi connectivity index (χ3v) is 10.5. The van der Waals surface area contributed by atoms with Crippen molar-refractivity contribution in [1.29, 1.82) is 0 Å². The lowest BCUT2D eigenvalue weighted by molar-refractivity contribution is 0.0929. The summed E-state index contributed by atoms with van der Waals surface area (Å²) in [5, 5.41) is 7.64. The Kier molecular flexibility index (Phi) is 16.4. The van der Waals surface area contributed by atoms with Crippen molar-refractivity contribution >= 4 is 63.9 Å². The topological polar surface area (TPSA) is 58.2 Å². The van der Waals surface area contributed by atoms with Crippen molar-refractivity contribution in [2.24, 2.45) is 5.92 Å². The number of aryl methyl sites for hydroxylation is 1. The van der Waals surface area contributed by atoms with E-state index in [1.54, 1.807) is 84.9 Å². The molecule has 0 aliphatic heterocycles. The molecule has 0 aliphatic rings. The van der Waals surface area contributed by atoms with Crippen LogP contribution in [0.1, 0.15) is 69.3 Å². The van der Waals surface area contributed by atoms with Crippen molar-refractivity contribution in [3.8, 4) is 0 Å². The van der Waals surface area contributed by atoms with E-state index >= 15 is 0 Å². The zero-order chi connectivity index (χ0) is 39.4. The molecule has 3 atom stereocenters.